The van der Waals surface area contributed by atoms with E-state index in [-0.39, 0.29) is 29.2 Å². The van der Waals surface area contributed by atoms with Crippen LogP contribution in [0.2, 0.25) is 0 Å². The van der Waals surface area contributed by atoms with Gasteiger partial charge in [0.05, 0.1) is 29.7 Å². The van der Waals surface area contributed by atoms with Crippen molar-refractivity contribution in [3.8, 4) is 5.69 Å². The summed E-state index contributed by atoms with van der Waals surface area (Å²) in [7, 11) is 0. The summed E-state index contributed by atoms with van der Waals surface area (Å²) in [5.74, 6) is -0.0506. The third-order valence-corrected chi connectivity index (χ3v) is 5.71. The summed E-state index contributed by atoms with van der Waals surface area (Å²) in [6.07, 6.45) is 4.09. The van der Waals surface area contributed by atoms with E-state index in [2.05, 4.69) is 35.1 Å². The SMILES string of the molecule is CC(=O)C1CC(C(=O)NC2CC(C)(C)Cc3c2cnn3-c2ccccc2)NN1. The molecule has 0 radical (unpaired) electrons. The molecule has 1 fully saturated rings. The highest BCUT2D eigenvalue weighted by molar-refractivity contribution is 5.86. The molecule has 0 bridgehead atoms. The molecule has 3 atom stereocenters. The number of ketones is 1. The molecule has 1 aliphatic carbocycles. The van der Waals surface area contributed by atoms with Gasteiger partial charge in [-0.05, 0) is 43.7 Å². The van der Waals surface area contributed by atoms with Gasteiger partial charge in [0, 0.05) is 5.56 Å². The molecule has 148 valence electrons. The van der Waals surface area contributed by atoms with Crippen LogP contribution in [0, 0.1) is 5.41 Å². The van der Waals surface area contributed by atoms with Crippen molar-refractivity contribution in [1.82, 2.24) is 25.9 Å². The second-order valence-corrected chi connectivity index (χ2v) is 8.64. The number of hydrogen-bond donors (Lipinski definition) is 3. The highest BCUT2D eigenvalue weighted by Crippen LogP contribution is 2.41. The predicted molar refractivity (Wildman–Crippen MR) is 106 cm³/mol. The molecule has 1 saturated heterocycles. The predicted octanol–water partition coefficient (Wildman–Crippen LogP) is 1.83. The van der Waals surface area contributed by atoms with Crippen molar-refractivity contribution in [3.05, 3.63) is 47.8 Å². The summed E-state index contributed by atoms with van der Waals surface area (Å²) in [4.78, 5) is 24.4. The first-order valence-corrected chi connectivity index (χ1v) is 9.78. The molecule has 0 spiro atoms. The van der Waals surface area contributed by atoms with E-state index in [0.29, 0.717) is 6.42 Å². The lowest BCUT2D eigenvalue weighted by Crippen LogP contribution is -2.46. The largest absolute Gasteiger partial charge is 0.348 e. The molecule has 1 aromatic carbocycles. The molecular formula is C21H27N5O2. The van der Waals surface area contributed by atoms with Crippen LogP contribution in [0.3, 0.4) is 0 Å². The van der Waals surface area contributed by atoms with Crippen molar-refractivity contribution in [1.29, 1.82) is 0 Å². The molecule has 3 N–H and O–H groups in total. The molecule has 2 heterocycles. The lowest BCUT2D eigenvalue weighted by atomic mass is 9.74. The van der Waals surface area contributed by atoms with E-state index >= 15 is 0 Å². The van der Waals surface area contributed by atoms with Crippen molar-refractivity contribution in [3.63, 3.8) is 0 Å². The number of nitrogens with one attached hydrogen (secondary N) is 3. The number of fused-ring (bicyclic) bond motifs is 1. The van der Waals surface area contributed by atoms with Gasteiger partial charge in [-0.15, -0.1) is 0 Å². The second kappa shape index (κ2) is 7.14. The zero-order chi connectivity index (χ0) is 19.9. The maximum Gasteiger partial charge on any atom is 0.239 e. The highest BCUT2D eigenvalue weighted by atomic mass is 16.2. The number of carbonyl (C=O) groups is 2. The molecule has 4 rings (SSSR count). The number of rotatable bonds is 4. The Morgan fingerprint density at radius 2 is 1.89 bits per heavy atom. The van der Waals surface area contributed by atoms with Crippen LogP contribution in [0.15, 0.2) is 36.5 Å². The first-order valence-electron chi connectivity index (χ1n) is 9.78. The number of nitrogens with zero attached hydrogens (tertiary/aromatic N) is 2. The van der Waals surface area contributed by atoms with Gasteiger partial charge >= 0.3 is 0 Å². The Bertz CT molecular complexity index is 889. The molecule has 2 aromatic rings. The average Bonchev–Trinajstić information content (AvgIpc) is 3.29. The molecule has 28 heavy (non-hydrogen) atoms. The number of hydrogen-bond acceptors (Lipinski definition) is 5. The van der Waals surface area contributed by atoms with Gasteiger partial charge in [0.15, 0.2) is 0 Å². The fourth-order valence-corrected chi connectivity index (χ4v) is 4.23. The number of amides is 1. The summed E-state index contributed by atoms with van der Waals surface area (Å²) < 4.78 is 1.98. The molecule has 7 heteroatoms. The smallest absolute Gasteiger partial charge is 0.239 e. The van der Waals surface area contributed by atoms with Crippen LogP contribution in [0.4, 0.5) is 0 Å². The standard InChI is InChI=1S/C21H27N5O2/c1-13(27)16-9-17(25-24-16)20(28)23-18-10-21(2,3)11-19-15(18)12-22-26(19)14-7-5-4-6-8-14/h4-8,12,16-18,24-25H,9-11H2,1-3H3,(H,23,28). The summed E-state index contributed by atoms with van der Waals surface area (Å²) in [6.45, 7) is 5.98. The fourth-order valence-electron chi connectivity index (χ4n) is 4.23. The van der Waals surface area contributed by atoms with E-state index < -0.39 is 6.04 Å². The first kappa shape index (κ1) is 18.8. The lowest BCUT2D eigenvalue weighted by molar-refractivity contribution is -0.123. The second-order valence-electron chi connectivity index (χ2n) is 8.64. The van der Waals surface area contributed by atoms with E-state index in [1.807, 2.05) is 41.2 Å². The van der Waals surface area contributed by atoms with Crippen molar-refractivity contribution in [2.45, 2.75) is 58.2 Å². The Morgan fingerprint density at radius 1 is 1.18 bits per heavy atom. The summed E-state index contributed by atoms with van der Waals surface area (Å²) in [6, 6.07) is 9.26. The van der Waals surface area contributed by atoms with E-state index in [0.717, 1.165) is 29.8 Å². The summed E-state index contributed by atoms with van der Waals surface area (Å²) in [5.41, 5.74) is 9.15. The van der Waals surface area contributed by atoms with Crippen LogP contribution < -0.4 is 16.2 Å². The van der Waals surface area contributed by atoms with E-state index in [1.165, 1.54) is 6.92 Å². The van der Waals surface area contributed by atoms with Gasteiger partial charge in [-0.1, -0.05) is 32.0 Å². The van der Waals surface area contributed by atoms with E-state index in [9.17, 15) is 9.59 Å². The Labute approximate surface area is 164 Å². The van der Waals surface area contributed by atoms with Gasteiger partial charge in [0.25, 0.3) is 0 Å². The Kier molecular flexibility index (Phi) is 4.81. The number of benzene rings is 1. The number of hydrazine groups is 1. The van der Waals surface area contributed by atoms with Crippen molar-refractivity contribution < 1.29 is 9.59 Å². The molecular weight excluding hydrogens is 354 g/mol. The Hall–Kier alpha value is -2.51. The normalized spacial score (nSPS) is 25.9. The minimum Gasteiger partial charge on any atom is -0.348 e. The molecule has 0 saturated carbocycles. The van der Waals surface area contributed by atoms with Gasteiger partial charge in [-0.2, -0.15) is 5.10 Å². The molecule has 1 amide bonds. The van der Waals surface area contributed by atoms with Crippen LogP contribution >= 0.6 is 0 Å². The highest BCUT2D eigenvalue weighted by Gasteiger charge is 2.38. The van der Waals surface area contributed by atoms with Gasteiger partial charge < -0.3 is 5.32 Å². The maximum atomic E-state index is 12.8. The van der Waals surface area contributed by atoms with Gasteiger partial charge in [0.1, 0.15) is 11.8 Å². The third kappa shape index (κ3) is 3.59. The number of aromatic nitrogens is 2. The summed E-state index contributed by atoms with van der Waals surface area (Å²) >= 11 is 0. The van der Waals surface area contributed by atoms with Gasteiger partial charge in [-0.25, -0.2) is 15.5 Å². The van der Waals surface area contributed by atoms with Crippen LogP contribution in [0.25, 0.3) is 5.69 Å². The zero-order valence-corrected chi connectivity index (χ0v) is 16.5. The zero-order valence-electron chi connectivity index (χ0n) is 16.5. The third-order valence-electron chi connectivity index (χ3n) is 5.71. The van der Waals surface area contributed by atoms with E-state index in [4.69, 9.17) is 0 Å². The Morgan fingerprint density at radius 3 is 2.57 bits per heavy atom. The Balaban J connectivity index is 1.57. The average molecular weight is 381 g/mol. The monoisotopic (exact) mass is 381 g/mol. The van der Waals surface area contributed by atoms with Crippen LogP contribution in [0.1, 0.15) is 50.9 Å². The topological polar surface area (TPSA) is 88.0 Å². The maximum absolute atomic E-state index is 12.8. The molecule has 3 unspecified atom stereocenters. The molecule has 1 aromatic heterocycles. The quantitative estimate of drug-likeness (QED) is 0.752. The number of carbonyl (C=O) groups excluding carboxylic acids is 2. The van der Waals surface area contributed by atoms with Crippen LogP contribution in [-0.4, -0.2) is 33.6 Å². The van der Waals surface area contributed by atoms with Crippen molar-refractivity contribution in [2.24, 2.45) is 5.41 Å². The molecule has 7 nitrogen and oxygen atoms in total. The van der Waals surface area contributed by atoms with Gasteiger partial charge in [0.2, 0.25) is 5.91 Å². The van der Waals surface area contributed by atoms with Gasteiger partial charge in [-0.3, -0.25) is 9.59 Å². The molecule has 2 aliphatic rings. The summed E-state index contributed by atoms with van der Waals surface area (Å²) in [5, 5.41) is 7.81. The van der Waals surface area contributed by atoms with Crippen molar-refractivity contribution in [2.75, 3.05) is 0 Å². The molecule has 1 aliphatic heterocycles. The van der Waals surface area contributed by atoms with Crippen LogP contribution in [-0.2, 0) is 16.0 Å². The van der Waals surface area contributed by atoms with Crippen LogP contribution in [0.5, 0.6) is 0 Å². The lowest BCUT2D eigenvalue weighted by Gasteiger charge is -2.36. The van der Waals surface area contributed by atoms with E-state index in [1.54, 1.807) is 0 Å². The first-order chi connectivity index (χ1) is 13.3. The minimum atomic E-state index is -0.411. The van der Waals surface area contributed by atoms with Crippen molar-refractivity contribution >= 4 is 11.7 Å². The fraction of sp³-hybridized carbons (Fsp3) is 0.476. The number of para-hydroxylation sites is 1. The minimum absolute atomic E-state index is 0.0352. The number of Topliss-reactive ketones (excluding diaryl/α,β-unsaturated/α-hetero) is 1.